The average Bonchev–Trinajstić information content (AvgIpc) is 3.27. The Kier molecular flexibility index (Phi) is 5.79. The highest BCUT2D eigenvalue weighted by Crippen LogP contribution is 2.31. The maximum Gasteiger partial charge on any atom is 0.311 e. The molecule has 2 aromatic heterocycles. The summed E-state index contributed by atoms with van der Waals surface area (Å²) in [7, 11) is 1.34. The van der Waals surface area contributed by atoms with Gasteiger partial charge in [-0.2, -0.15) is 0 Å². The molecule has 0 fully saturated rings. The number of carbonyl (C=O) groups is 1. The number of hydrogen-bond donors (Lipinski definition) is 1. The summed E-state index contributed by atoms with van der Waals surface area (Å²) in [5.74, 6) is -0.383. The maximum atomic E-state index is 12.5. The van der Waals surface area contributed by atoms with Gasteiger partial charge in [-0.15, -0.1) is 17.9 Å². The lowest BCUT2D eigenvalue weighted by Crippen LogP contribution is -2.12. The molecule has 3 aromatic rings. The van der Waals surface area contributed by atoms with E-state index < -0.39 is 10.8 Å². The quantitative estimate of drug-likeness (QED) is 0.348. The molecule has 1 N–H and O–H groups in total. The Morgan fingerprint density at radius 2 is 2.17 bits per heavy atom. The van der Waals surface area contributed by atoms with Crippen molar-refractivity contribution < 1.29 is 14.5 Å². The number of rotatable bonds is 7. The van der Waals surface area contributed by atoms with Crippen LogP contribution < -0.4 is 10.1 Å². The second kappa shape index (κ2) is 8.27. The summed E-state index contributed by atoms with van der Waals surface area (Å²) in [5.41, 5.74) is 3.79. The van der Waals surface area contributed by atoms with Crippen LogP contribution in [0.1, 0.15) is 21.7 Å². The first-order chi connectivity index (χ1) is 13.8. The summed E-state index contributed by atoms with van der Waals surface area (Å²) in [6, 6.07) is 6.10. The summed E-state index contributed by atoms with van der Waals surface area (Å²) >= 11 is 1.29. The Balaban J connectivity index is 1.83. The number of carbonyl (C=O) groups excluding carboxylic acids is 1. The van der Waals surface area contributed by atoms with E-state index in [1.54, 1.807) is 0 Å². The number of methoxy groups -OCH3 is 1. The van der Waals surface area contributed by atoms with E-state index in [0.29, 0.717) is 11.7 Å². The van der Waals surface area contributed by atoms with Crippen molar-refractivity contribution >= 4 is 28.1 Å². The van der Waals surface area contributed by atoms with Crippen LogP contribution >= 0.6 is 11.3 Å². The van der Waals surface area contributed by atoms with E-state index in [9.17, 15) is 14.9 Å². The summed E-state index contributed by atoms with van der Waals surface area (Å²) in [4.78, 5) is 27.6. The Labute approximate surface area is 171 Å². The first-order valence-corrected chi connectivity index (χ1v) is 9.61. The van der Waals surface area contributed by atoms with Gasteiger partial charge in [-0.05, 0) is 32.0 Å². The topological polar surface area (TPSA) is 99.3 Å². The van der Waals surface area contributed by atoms with Gasteiger partial charge in [0.25, 0.3) is 5.91 Å². The Morgan fingerprint density at radius 1 is 1.41 bits per heavy atom. The number of allylic oxidation sites excluding steroid dienone is 1. The number of nitrogens with one attached hydrogen (secondary N) is 1. The van der Waals surface area contributed by atoms with E-state index in [4.69, 9.17) is 4.74 Å². The largest absolute Gasteiger partial charge is 0.490 e. The van der Waals surface area contributed by atoms with Crippen molar-refractivity contribution in [2.75, 3.05) is 12.4 Å². The van der Waals surface area contributed by atoms with E-state index in [2.05, 4.69) is 21.4 Å². The molecule has 0 bridgehead atoms. The van der Waals surface area contributed by atoms with Gasteiger partial charge in [0.1, 0.15) is 0 Å². The molecule has 0 aliphatic carbocycles. The number of ether oxygens (including phenoxy) is 1. The molecule has 0 saturated carbocycles. The minimum atomic E-state index is -0.587. The average molecular weight is 412 g/mol. The molecule has 0 aliphatic rings. The van der Waals surface area contributed by atoms with E-state index in [1.165, 1.54) is 36.6 Å². The number of benzene rings is 1. The van der Waals surface area contributed by atoms with Gasteiger partial charge in [0.05, 0.1) is 17.7 Å². The predicted octanol–water partition coefficient (Wildman–Crippen LogP) is 4.58. The second-order valence-corrected chi connectivity index (χ2v) is 7.18. The van der Waals surface area contributed by atoms with Gasteiger partial charge in [-0.25, -0.2) is 4.98 Å². The standard InChI is InChI=1S/C20H20N4O4S/c1-5-8-23-12(2)9-15(13(23)3)16-11-29-20(21-16)22-19(25)14-6-7-18(28-4)17(10-14)24(26)27/h5-7,9-11H,1,8H2,2-4H3,(H,21,22,25). The lowest BCUT2D eigenvalue weighted by atomic mass is 10.2. The molecule has 0 aliphatic heterocycles. The van der Waals surface area contributed by atoms with Crippen LogP contribution in [-0.4, -0.2) is 27.5 Å². The second-order valence-electron chi connectivity index (χ2n) is 6.32. The molecule has 0 spiro atoms. The Hall–Kier alpha value is -3.46. The number of hydrogen-bond acceptors (Lipinski definition) is 6. The van der Waals surface area contributed by atoms with Gasteiger partial charge in [-0.1, -0.05) is 6.08 Å². The zero-order valence-electron chi connectivity index (χ0n) is 16.3. The monoisotopic (exact) mass is 412 g/mol. The first-order valence-electron chi connectivity index (χ1n) is 8.73. The van der Waals surface area contributed by atoms with Crippen LogP contribution in [0.2, 0.25) is 0 Å². The third-order valence-corrected chi connectivity index (χ3v) is 5.28. The number of nitro groups is 1. The van der Waals surface area contributed by atoms with Gasteiger partial charge in [0, 0.05) is 40.5 Å². The predicted molar refractivity (Wildman–Crippen MR) is 113 cm³/mol. The lowest BCUT2D eigenvalue weighted by Gasteiger charge is -2.06. The van der Waals surface area contributed by atoms with Crippen molar-refractivity contribution in [3.63, 3.8) is 0 Å². The number of aromatic nitrogens is 2. The number of aryl methyl sites for hydroxylation is 1. The molecule has 0 saturated heterocycles. The molecule has 9 heteroatoms. The molecule has 1 aromatic carbocycles. The highest BCUT2D eigenvalue weighted by molar-refractivity contribution is 7.14. The molecule has 8 nitrogen and oxygen atoms in total. The van der Waals surface area contributed by atoms with Crippen LogP contribution in [0.15, 0.2) is 42.3 Å². The van der Waals surface area contributed by atoms with Crippen molar-refractivity contribution in [1.82, 2.24) is 9.55 Å². The zero-order valence-corrected chi connectivity index (χ0v) is 17.1. The molecule has 3 rings (SSSR count). The molecule has 0 unspecified atom stereocenters. The minimum absolute atomic E-state index is 0.0953. The fourth-order valence-electron chi connectivity index (χ4n) is 3.07. The normalized spacial score (nSPS) is 10.6. The van der Waals surface area contributed by atoms with E-state index in [-0.39, 0.29) is 17.0 Å². The van der Waals surface area contributed by atoms with Crippen molar-refractivity contribution in [2.24, 2.45) is 0 Å². The smallest absolute Gasteiger partial charge is 0.311 e. The zero-order chi connectivity index (χ0) is 21.1. The molecule has 150 valence electrons. The van der Waals surface area contributed by atoms with Crippen molar-refractivity contribution in [1.29, 1.82) is 0 Å². The molecule has 0 atom stereocenters. The van der Waals surface area contributed by atoms with Crippen LogP contribution in [-0.2, 0) is 6.54 Å². The number of thiazole rings is 1. The van der Waals surface area contributed by atoms with E-state index >= 15 is 0 Å². The fourth-order valence-corrected chi connectivity index (χ4v) is 3.77. The van der Waals surface area contributed by atoms with Gasteiger partial charge in [0.2, 0.25) is 0 Å². The number of anilines is 1. The molecule has 0 radical (unpaired) electrons. The Morgan fingerprint density at radius 3 is 2.83 bits per heavy atom. The Bertz CT molecular complexity index is 1100. The van der Waals surface area contributed by atoms with E-state index in [1.807, 2.05) is 31.4 Å². The van der Waals surface area contributed by atoms with E-state index in [0.717, 1.165) is 22.6 Å². The summed E-state index contributed by atoms with van der Waals surface area (Å²) in [6.45, 7) is 8.53. The number of amides is 1. The number of nitrogens with zero attached hydrogens (tertiary/aromatic N) is 3. The van der Waals surface area contributed by atoms with Crippen LogP contribution in [0.25, 0.3) is 11.3 Å². The van der Waals surface area contributed by atoms with Crippen molar-refractivity contribution in [3.8, 4) is 17.0 Å². The fraction of sp³-hybridized carbons (Fsp3) is 0.200. The van der Waals surface area contributed by atoms with Crippen molar-refractivity contribution in [3.05, 3.63) is 69.4 Å². The van der Waals surface area contributed by atoms with Gasteiger partial charge >= 0.3 is 5.69 Å². The molecule has 29 heavy (non-hydrogen) atoms. The van der Waals surface area contributed by atoms with Gasteiger partial charge < -0.3 is 9.30 Å². The molecular weight excluding hydrogens is 392 g/mol. The summed E-state index contributed by atoms with van der Waals surface area (Å²) < 4.78 is 7.10. The highest BCUT2D eigenvalue weighted by Gasteiger charge is 2.19. The van der Waals surface area contributed by atoms with Crippen LogP contribution in [0, 0.1) is 24.0 Å². The lowest BCUT2D eigenvalue weighted by molar-refractivity contribution is -0.385. The highest BCUT2D eigenvalue weighted by atomic mass is 32.1. The van der Waals surface area contributed by atoms with Crippen molar-refractivity contribution in [2.45, 2.75) is 20.4 Å². The molecule has 2 heterocycles. The van der Waals surface area contributed by atoms with Crippen LogP contribution in [0.3, 0.4) is 0 Å². The SMILES string of the molecule is C=CCn1c(C)cc(-c2csc(NC(=O)c3ccc(OC)c([N+](=O)[O-])c3)n2)c1C. The third kappa shape index (κ3) is 4.04. The molecule has 1 amide bonds. The maximum absolute atomic E-state index is 12.5. The van der Waals surface area contributed by atoms with Crippen LogP contribution in [0.5, 0.6) is 5.75 Å². The summed E-state index contributed by atoms with van der Waals surface area (Å²) in [5, 5.41) is 16.1. The number of nitro benzene ring substituents is 1. The van der Waals surface area contributed by atoms with Gasteiger partial charge in [0.15, 0.2) is 10.9 Å². The summed E-state index contributed by atoms with van der Waals surface area (Å²) in [6.07, 6.45) is 1.84. The first kappa shape index (κ1) is 20.3. The van der Waals surface area contributed by atoms with Crippen LogP contribution in [0.4, 0.5) is 10.8 Å². The minimum Gasteiger partial charge on any atom is -0.490 e. The third-order valence-electron chi connectivity index (χ3n) is 4.52. The van der Waals surface area contributed by atoms with Gasteiger partial charge in [-0.3, -0.25) is 20.2 Å². The molecular formula is C20H20N4O4S.